The lowest BCUT2D eigenvalue weighted by atomic mass is 10.3. The highest BCUT2D eigenvalue weighted by atomic mass is 32.2. The highest BCUT2D eigenvalue weighted by Gasteiger charge is 2.30. The standard InChI is InChI=1S/C16H16N4O5S/c17-10-1-3-11(4-2-10)25-12-5-7-13(8-6-12)26(23,24)18-9-14-15(21)20-16(22)19-14/h1-8,14,18H,9,17H2,(H2,19,20,21,22)/t14-/m0/s1. The van der Waals surface area contributed by atoms with E-state index < -0.39 is 28.0 Å². The molecule has 136 valence electrons. The summed E-state index contributed by atoms with van der Waals surface area (Å²) < 4.78 is 32.4. The number of nitrogen functional groups attached to an aromatic ring is 1. The van der Waals surface area contributed by atoms with Gasteiger partial charge in [0.2, 0.25) is 10.0 Å². The molecule has 2 aromatic rings. The second-order valence-electron chi connectivity index (χ2n) is 5.51. The van der Waals surface area contributed by atoms with Crippen LogP contribution in [0.1, 0.15) is 0 Å². The van der Waals surface area contributed by atoms with Crippen LogP contribution >= 0.6 is 0 Å². The van der Waals surface area contributed by atoms with Crippen molar-refractivity contribution in [1.82, 2.24) is 15.4 Å². The van der Waals surface area contributed by atoms with Crippen LogP contribution in [0, 0.1) is 0 Å². The lowest BCUT2D eigenvalue weighted by Crippen LogP contribution is -2.41. The maximum Gasteiger partial charge on any atom is 0.322 e. The van der Waals surface area contributed by atoms with Crippen molar-refractivity contribution in [3.8, 4) is 11.5 Å². The monoisotopic (exact) mass is 376 g/mol. The van der Waals surface area contributed by atoms with Gasteiger partial charge in [-0.2, -0.15) is 0 Å². The van der Waals surface area contributed by atoms with Crippen LogP contribution in [0.25, 0.3) is 0 Å². The highest BCUT2D eigenvalue weighted by Crippen LogP contribution is 2.23. The third kappa shape index (κ3) is 4.10. The Kier molecular flexibility index (Phi) is 4.78. The third-order valence-electron chi connectivity index (χ3n) is 3.59. The molecule has 1 heterocycles. The average Bonchev–Trinajstić information content (AvgIpc) is 2.93. The number of carbonyl (C=O) groups excluding carboxylic acids is 2. The van der Waals surface area contributed by atoms with Crippen molar-refractivity contribution in [2.24, 2.45) is 0 Å². The van der Waals surface area contributed by atoms with Gasteiger partial charge < -0.3 is 15.8 Å². The minimum Gasteiger partial charge on any atom is -0.457 e. The molecular weight excluding hydrogens is 360 g/mol. The number of imide groups is 1. The predicted octanol–water partition coefficient (Wildman–Crippen LogP) is 0.547. The van der Waals surface area contributed by atoms with E-state index in [0.717, 1.165) is 0 Å². The van der Waals surface area contributed by atoms with E-state index in [1.807, 2.05) is 5.32 Å². The molecule has 1 fully saturated rings. The molecule has 0 saturated carbocycles. The molecule has 0 spiro atoms. The number of hydrogen-bond donors (Lipinski definition) is 4. The number of nitrogens with two attached hydrogens (primary N) is 1. The minimum atomic E-state index is -3.84. The predicted molar refractivity (Wildman–Crippen MR) is 93.0 cm³/mol. The van der Waals surface area contributed by atoms with Gasteiger partial charge in [-0.15, -0.1) is 0 Å². The Morgan fingerprint density at radius 1 is 1.00 bits per heavy atom. The maximum atomic E-state index is 12.3. The largest absolute Gasteiger partial charge is 0.457 e. The van der Waals surface area contributed by atoms with Crippen LogP contribution in [-0.4, -0.2) is 32.9 Å². The molecule has 1 aliphatic rings. The van der Waals surface area contributed by atoms with Gasteiger partial charge >= 0.3 is 6.03 Å². The lowest BCUT2D eigenvalue weighted by Gasteiger charge is -2.11. The quantitative estimate of drug-likeness (QED) is 0.429. The van der Waals surface area contributed by atoms with Crippen LogP contribution in [0.5, 0.6) is 11.5 Å². The van der Waals surface area contributed by atoms with E-state index in [9.17, 15) is 18.0 Å². The molecule has 5 N–H and O–H groups in total. The van der Waals surface area contributed by atoms with Gasteiger partial charge in [-0.3, -0.25) is 10.1 Å². The van der Waals surface area contributed by atoms with Crippen molar-refractivity contribution in [1.29, 1.82) is 0 Å². The molecule has 10 heteroatoms. The highest BCUT2D eigenvalue weighted by molar-refractivity contribution is 7.89. The fourth-order valence-electron chi connectivity index (χ4n) is 2.24. The van der Waals surface area contributed by atoms with E-state index in [0.29, 0.717) is 17.2 Å². The van der Waals surface area contributed by atoms with Crippen LogP contribution in [0.4, 0.5) is 10.5 Å². The summed E-state index contributed by atoms with van der Waals surface area (Å²) in [6.45, 7) is -0.246. The number of sulfonamides is 1. The molecule has 0 unspecified atom stereocenters. The summed E-state index contributed by atoms with van der Waals surface area (Å²) in [5.74, 6) is 0.442. The van der Waals surface area contributed by atoms with E-state index in [-0.39, 0.29) is 11.4 Å². The Morgan fingerprint density at radius 3 is 2.12 bits per heavy atom. The summed E-state index contributed by atoms with van der Waals surface area (Å²) in [6, 6.07) is 11.0. The summed E-state index contributed by atoms with van der Waals surface area (Å²) in [5.41, 5.74) is 6.21. The number of nitrogens with one attached hydrogen (secondary N) is 3. The van der Waals surface area contributed by atoms with Gasteiger partial charge in [0, 0.05) is 12.2 Å². The Balaban J connectivity index is 1.64. The number of amides is 3. The Labute approximate surface area is 149 Å². The van der Waals surface area contributed by atoms with E-state index in [1.165, 1.54) is 24.3 Å². The van der Waals surface area contributed by atoms with E-state index >= 15 is 0 Å². The van der Waals surface area contributed by atoms with Gasteiger partial charge in [0.15, 0.2) is 0 Å². The second-order valence-corrected chi connectivity index (χ2v) is 7.28. The molecule has 26 heavy (non-hydrogen) atoms. The third-order valence-corrected chi connectivity index (χ3v) is 5.03. The van der Waals surface area contributed by atoms with Crippen molar-refractivity contribution in [2.75, 3.05) is 12.3 Å². The Hall–Kier alpha value is -3.11. The molecule has 2 aromatic carbocycles. The topological polar surface area (TPSA) is 140 Å². The molecule has 1 saturated heterocycles. The summed E-state index contributed by atoms with van der Waals surface area (Å²) in [5, 5.41) is 4.34. The van der Waals surface area contributed by atoms with Gasteiger partial charge in [-0.25, -0.2) is 17.9 Å². The molecule has 0 aromatic heterocycles. The van der Waals surface area contributed by atoms with Crippen molar-refractivity contribution in [3.05, 3.63) is 48.5 Å². The van der Waals surface area contributed by atoms with Crippen molar-refractivity contribution < 1.29 is 22.7 Å². The van der Waals surface area contributed by atoms with Crippen molar-refractivity contribution in [3.63, 3.8) is 0 Å². The van der Waals surface area contributed by atoms with Gasteiger partial charge in [0.25, 0.3) is 5.91 Å². The first kappa shape index (κ1) is 17.7. The smallest absolute Gasteiger partial charge is 0.322 e. The Morgan fingerprint density at radius 2 is 1.58 bits per heavy atom. The molecule has 0 radical (unpaired) electrons. The number of urea groups is 1. The summed E-state index contributed by atoms with van der Waals surface area (Å²) in [7, 11) is -3.84. The number of carbonyl (C=O) groups is 2. The molecule has 3 amide bonds. The zero-order valence-corrected chi connectivity index (χ0v) is 14.2. The fraction of sp³-hybridized carbons (Fsp3) is 0.125. The van der Waals surface area contributed by atoms with Gasteiger partial charge in [-0.05, 0) is 48.5 Å². The number of anilines is 1. The molecule has 3 rings (SSSR count). The number of rotatable bonds is 6. The van der Waals surface area contributed by atoms with Crippen LogP contribution in [0.3, 0.4) is 0 Å². The van der Waals surface area contributed by atoms with Crippen LogP contribution < -0.4 is 25.8 Å². The van der Waals surface area contributed by atoms with Gasteiger partial charge in [0.05, 0.1) is 4.90 Å². The first-order chi connectivity index (χ1) is 12.3. The zero-order chi connectivity index (χ0) is 18.7. The summed E-state index contributed by atoms with van der Waals surface area (Å²) in [6.07, 6.45) is 0. The van der Waals surface area contributed by atoms with Gasteiger partial charge in [0.1, 0.15) is 17.5 Å². The number of ether oxygens (including phenoxy) is 1. The van der Waals surface area contributed by atoms with Gasteiger partial charge in [-0.1, -0.05) is 0 Å². The van der Waals surface area contributed by atoms with Crippen LogP contribution in [-0.2, 0) is 14.8 Å². The zero-order valence-electron chi connectivity index (χ0n) is 13.4. The van der Waals surface area contributed by atoms with E-state index in [4.69, 9.17) is 10.5 Å². The van der Waals surface area contributed by atoms with Crippen LogP contribution in [0.15, 0.2) is 53.4 Å². The molecule has 9 nitrogen and oxygen atoms in total. The van der Waals surface area contributed by atoms with Crippen molar-refractivity contribution in [2.45, 2.75) is 10.9 Å². The Bertz CT molecular complexity index is 926. The first-order valence-electron chi connectivity index (χ1n) is 7.58. The summed E-state index contributed by atoms with van der Waals surface area (Å²) >= 11 is 0. The number of hydrogen-bond acceptors (Lipinski definition) is 6. The van der Waals surface area contributed by atoms with E-state index in [1.54, 1.807) is 24.3 Å². The SMILES string of the molecule is Nc1ccc(Oc2ccc(S(=O)(=O)NC[C@@H]3NC(=O)NC3=O)cc2)cc1. The average molecular weight is 376 g/mol. The van der Waals surface area contributed by atoms with Crippen LogP contribution in [0.2, 0.25) is 0 Å². The van der Waals surface area contributed by atoms with Crippen molar-refractivity contribution >= 4 is 27.6 Å². The molecule has 1 aliphatic heterocycles. The molecule has 0 aliphatic carbocycles. The molecular formula is C16H16N4O5S. The normalized spacial score (nSPS) is 16.8. The molecule has 0 bridgehead atoms. The minimum absolute atomic E-state index is 0.00638. The number of benzene rings is 2. The van der Waals surface area contributed by atoms with E-state index in [2.05, 4.69) is 10.0 Å². The fourth-order valence-corrected chi connectivity index (χ4v) is 3.28. The maximum absolute atomic E-state index is 12.3. The summed E-state index contributed by atoms with van der Waals surface area (Å²) in [4.78, 5) is 22.5. The second kappa shape index (κ2) is 7.02. The lowest BCUT2D eigenvalue weighted by molar-refractivity contribution is -0.120. The molecule has 1 atom stereocenters. The first-order valence-corrected chi connectivity index (χ1v) is 9.06.